The average molecular weight is 230 g/mol. The maximum atomic E-state index is 11.7. The van der Waals surface area contributed by atoms with E-state index in [1.807, 2.05) is 36.4 Å². The van der Waals surface area contributed by atoms with E-state index in [1.54, 1.807) is 0 Å². The Bertz CT molecular complexity index is 406. The minimum Gasteiger partial charge on any atom is -0.450 e. The van der Waals surface area contributed by atoms with Crippen molar-refractivity contribution >= 4 is 5.97 Å². The number of cyclic esters (lactones) is 1. The molecule has 0 amide bonds. The number of hydrogen-bond donors (Lipinski definition) is 0. The van der Waals surface area contributed by atoms with Gasteiger partial charge in [0.15, 0.2) is 0 Å². The van der Waals surface area contributed by atoms with Gasteiger partial charge < -0.3 is 4.74 Å². The van der Waals surface area contributed by atoms with Gasteiger partial charge in [-0.15, -0.1) is 0 Å². The molecule has 0 aromatic heterocycles. The van der Waals surface area contributed by atoms with Gasteiger partial charge >= 0.3 is 5.97 Å². The first-order valence-electron chi connectivity index (χ1n) is 6.28. The Hall–Kier alpha value is -1.57. The third-order valence-corrected chi connectivity index (χ3v) is 3.03. The Morgan fingerprint density at radius 2 is 1.94 bits per heavy atom. The zero-order valence-electron chi connectivity index (χ0n) is 10.2. The van der Waals surface area contributed by atoms with E-state index in [-0.39, 0.29) is 12.1 Å². The summed E-state index contributed by atoms with van der Waals surface area (Å²) < 4.78 is 5.36. The van der Waals surface area contributed by atoms with E-state index in [1.165, 1.54) is 12.8 Å². The number of rotatable bonds is 5. The summed E-state index contributed by atoms with van der Waals surface area (Å²) in [6, 6.07) is 9.87. The van der Waals surface area contributed by atoms with E-state index in [9.17, 15) is 4.79 Å². The highest BCUT2D eigenvalue weighted by atomic mass is 16.5. The average Bonchev–Trinajstić information content (AvgIpc) is 2.73. The molecule has 1 aromatic rings. The van der Waals surface area contributed by atoms with Crippen LogP contribution >= 0.6 is 0 Å². The van der Waals surface area contributed by atoms with Gasteiger partial charge in [0.2, 0.25) is 0 Å². The third kappa shape index (κ3) is 2.96. The molecule has 2 nitrogen and oxygen atoms in total. The molecular formula is C15H18O2. The highest BCUT2D eigenvalue weighted by Gasteiger charge is 2.25. The molecule has 0 N–H and O–H groups in total. The summed E-state index contributed by atoms with van der Waals surface area (Å²) in [6.07, 6.45) is 6.04. The standard InChI is InChI=1S/C15H18O2/c1-2-3-5-10-13-11-14(17-15(13)16)12-8-6-4-7-9-12/h4,6-9,11,14H,2-3,5,10H2,1H3/t14-/m0/s1. The van der Waals surface area contributed by atoms with Crippen LogP contribution in [0.1, 0.15) is 44.3 Å². The lowest BCUT2D eigenvalue weighted by atomic mass is 10.0. The molecule has 0 fully saturated rings. The minimum atomic E-state index is -0.180. The molecule has 0 radical (unpaired) electrons. The van der Waals surface area contributed by atoms with Gasteiger partial charge in [-0.2, -0.15) is 0 Å². The Labute approximate surface area is 102 Å². The zero-order chi connectivity index (χ0) is 12.1. The van der Waals surface area contributed by atoms with E-state index in [4.69, 9.17) is 4.74 Å². The van der Waals surface area contributed by atoms with Crippen molar-refractivity contribution in [3.05, 3.63) is 47.5 Å². The number of benzene rings is 1. The Balaban J connectivity index is 2.01. The van der Waals surface area contributed by atoms with E-state index in [0.717, 1.165) is 24.0 Å². The molecule has 1 heterocycles. The lowest BCUT2D eigenvalue weighted by molar-refractivity contribution is -0.140. The highest BCUT2D eigenvalue weighted by molar-refractivity contribution is 5.91. The SMILES string of the molecule is CCCCCC1=C[C@@H](c2ccccc2)OC1=O. The van der Waals surface area contributed by atoms with Gasteiger partial charge in [0.05, 0.1) is 0 Å². The van der Waals surface area contributed by atoms with Crippen LogP contribution in [0.3, 0.4) is 0 Å². The molecule has 0 saturated heterocycles. The van der Waals surface area contributed by atoms with Gasteiger partial charge in [-0.25, -0.2) is 4.79 Å². The van der Waals surface area contributed by atoms with Crippen LogP contribution < -0.4 is 0 Å². The topological polar surface area (TPSA) is 26.3 Å². The highest BCUT2D eigenvalue weighted by Crippen LogP contribution is 2.29. The number of esters is 1. The van der Waals surface area contributed by atoms with E-state index >= 15 is 0 Å². The van der Waals surface area contributed by atoms with Crippen LogP contribution in [-0.2, 0) is 9.53 Å². The van der Waals surface area contributed by atoms with Crippen LogP contribution in [0.15, 0.2) is 42.0 Å². The zero-order valence-corrected chi connectivity index (χ0v) is 10.2. The summed E-state index contributed by atoms with van der Waals surface area (Å²) >= 11 is 0. The maximum Gasteiger partial charge on any atom is 0.334 e. The molecule has 1 aliphatic rings. The molecule has 17 heavy (non-hydrogen) atoms. The van der Waals surface area contributed by atoms with Crippen molar-refractivity contribution < 1.29 is 9.53 Å². The molecule has 1 atom stereocenters. The third-order valence-electron chi connectivity index (χ3n) is 3.03. The summed E-state index contributed by atoms with van der Waals surface area (Å²) in [5, 5.41) is 0. The first-order valence-corrected chi connectivity index (χ1v) is 6.28. The van der Waals surface area contributed by atoms with Crippen molar-refractivity contribution in [1.82, 2.24) is 0 Å². The summed E-state index contributed by atoms with van der Waals surface area (Å²) in [5.74, 6) is -0.144. The second-order valence-corrected chi connectivity index (χ2v) is 4.39. The van der Waals surface area contributed by atoms with E-state index in [2.05, 4.69) is 6.92 Å². The van der Waals surface area contributed by atoms with Gasteiger partial charge in [0.1, 0.15) is 6.10 Å². The quantitative estimate of drug-likeness (QED) is 0.568. The van der Waals surface area contributed by atoms with Crippen molar-refractivity contribution in [3.63, 3.8) is 0 Å². The smallest absolute Gasteiger partial charge is 0.334 e. The second kappa shape index (κ2) is 5.67. The fourth-order valence-corrected chi connectivity index (χ4v) is 2.03. The summed E-state index contributed by atoms with van der Waals surface area (Å²) in [7, 11) is 0. The predicted octanol–water partition coefficient (Wildman–Crippen LogP) is 3.79. The van der Waals surface area contributed by atoms with Crippen molar-refractivity contribution in [3.8, 4) is 0 Å². The molecule has 0 aliphatic carbocycles. The van der Waals surface area contributed by atoms with Crippen molar-refractivity contribution in [2.45, 2.75) is 38.7 Å². The molecule has 2 rings (SSSR count). The van der Waals surface area contributed by atoms with Gasteiger partial charge in [0.25, 0.3) is 0 Å². The largest absolute Gasteiger partial charge is 0.450 e. The molecule has 1 aliphatic heterocycles. The fraction of sp³-hybridized carbons (Fsp3) is 0.400. The first kappa shape index (κ1) is 11.9. The molecule has 0 unspecified atom stereocenters. The molecule has 0 saturated carbocycles. The normalized spacial score (nSPS) is 19.0. The van der Waals surface area contributed by atoms with E-state index < -0.39 is 0 Å². The van der Waals surface area contributed by atoms with Crippen molar-refractivity contribution in [2.24, 2.45) is 0 Å². The Morgan fingerprint density at radius 1 is 1.18 bits per heavy atom. The van der Waals surface area contributed by atoms with Gasteiger partial charge in [-0.05, 0) is 24.5 Å². The summed E-state index contributed by atoms with van der Waals surface area (Å²) in [6.45, 7) is 2.16. The predicted molar refractivity (Wildman–Crippen MR) is 67.5 cm³/mol. The van der Waals surface area contributed by atoms with Crippen LogP contribution in [-0.4, -0.2) is 5.97 Å². The Kier molecular flexibility index (Phi) is 3.97. The van der Waals surface area contributed by atoms with E-state index in [0.29, 0.717) is 0 Å². The second-order valence-electron chi connectivity index (χ2n) is 4.39. The maximum absolute atomic E-state index is 11.7. The Morgan fingerprint density at radius 3 is 2.65 bits per heavy atom. The minimum absolute atomic E-state index is 0.144. The first-order chi connectivity index (χ1) is 8.31. The number of carbonyl (C=O) groups excluding carboxylic acids is 1. The lowest BCUT2D eigenvalue weighted by Gasteiger charge is -2.07. The van der Waals surface area contributed by atoms with Gasteiger partial charge in [0, 0.05) is 5.57 Å². The summed E-state index contributed by atoms with van der Waals surface area (Å²) in [4.78, 5) is 11.7. The molecule has 2 heteroatoms. The van der Waals surface area contributed by atoms with Crippen molar-refractivity contribution in [1.29, 1.82) is 0 Å². The van der Waals surface area contributed by atoms with Crippen LogP contribution in [0.25, 0.3) is 0 Å². The van der Waals surface area contributed by atoms with Crippen molar-refractivity contribution in [2.75, 3.05) is 0 Å². The molecule has 1 aromatic carbocycles. The molecular weight excluding hydrogens is 212 g/mol. The molecule has 0 bridgehead atoms. The van der Waals surface area contributed by atoms with Gasteiger partial charge in [-0.3, -0.25) is 0 Å². The fourth-order valence-electron chi connectivity index (χ4n) is 2.03. The van der Waals surface area contributed by atoms with Crippen LogP contribution in [0, 0.1) is 0 Å². The summed E-state index contributed by atoms with van der Waals surface area (Å²) in [5.41, 5.74) is 1.89. The number of carbonyl (C=O) groups is 1. The van der Waals surface area contributed by atoms with Crippen LogP contribution in [0.2, 0.25) is 0 Å². The number of hydrogen-bond acceptors (Lipinski definition) is 2. The molecule has 90 valence electrons. The lowest BCUT2D eigenvalue weighted by Crippen LogP contribution is -2.02. The van der Waals surface area contributed by atoms with Crippen LogP contribution in [0.5, 0.6) is 0 Å². The van der Waals surface area contributed by atoms with Crippen LogP contribution in [0.4, 0.5) is 0 Å². The number of ether oxygens (including phenoxy) is 1. The number of unbranched alkanes of at least 4 members (excludes halogenated alkanes) is 2. The monoisotopic (exact) mass is 230 g/mol. The van der Waals surface area contributed by atoms with Gasteiger partial charge in [-0.1, -0.05) is 50.1 Å². The molecule has 0 spiro atoms.